The molecule has 1 atom stereocenters. The minimum atomic E-state index is -0.0288. The Morgan fingerprint density at radius 3 is 2.72 bits per heavy atom. The predicted molar refractivity (Wildman–Crippen MR) is 113 cm³/mol. The van der Waals surface area contributed by atoms with Gasteiger partial charge in [-0.15, -0.1) is 11.3 Å². The summed E-state index contributed by atoms with van der Waals surface area (Å²) >= 11 is 7.44. The standard InChI is InChI=1S/C22H19ClN2O3S/c23-16-6-3-14(4-7-16)21-24-17(13-29-21)22(26)25-9-1-2-18(25)15-5-8-19-20(12-15)28-11-10-27-19/h3-8,12-13,18H,1-2,9-11H2/t18-/m1/s1. The van der Waals surface area contributed by atoms with Crippen molar-refractivity contribution in [3.05, 3.63) is 64.1 Å². The SMILES string of the molecule is O=C(c1csc(-c2ccc(Cl)cc2)n1)N1CCC[C@@H]1c1ccc2c(c1)OCCO2. The highest BCUT2D eigenvalue weighted by Gasteiger charge is 2.32. The first-order valence-electron chi connectivity index (χ1n) is 9.61. The molecule has 3 heterocycles. The second-order valence-corrected chi connectivity index (χ2v) is 8.40. The number of amides is 1. The van der Waals surface area contributed by atoms with E-state index < -0.39 is 0 Å². The third kappa shape index (κ3) is 3.58. The number of halogens is 1. The van der Waals surface area contributed by atoms with Crippen molar-refractivity contribution in [2.24, 2.45) is 0 Å². The highest BCUT2D eigenvalue weighted by atomic mass is 35.5. The Morgan fingerprint density at radius 1 is 1.10 bits per heavy atom. The van der Waals surface area contributed by atoms with Crippen molar-refractivity contribution in [1.82, 2.24) is 9.88 Å². The number of aromatic nitrogens is 1. The van der Waals surface area contributed by atoms with Crippen LogP contribution in [-0.2, 0) is 0 Å². The van der Waals surface area contributed by atoms with E-state index >= 15 is 0 Å². The molecule has 0 radical (unpaired) electrons. The zero-order valence-corrected chi connectivity index (χ0v) is 17.2. The molecular weight excluding hydrogens is 408 g/mol. The van der Waals surface area contributed by atoms with Crippen LogP contribution in [-0.4, -0.2) is 35.5 Å². The van der Waals surface area contributed by atoms with E-state index in [1.54, 1.807) is 0 Å². The molecule has 0 aliphatic carbocycles. The van der Waals surface area contributed by atoms with E-state index in [2.05, 4.69) is 4.98 Å². The lowest BCUT2D eigenvalue weighted by Gasteiger charge is -2.26. The van der Waals surface area contributed by atoms with Gasteiger partial charge in [0.15, 0.2) is 11.5 Å². The van der Waals surface area contributed by atoms with Gasteiger partial charge in [-0.05, 0) is 42.7 Å². The lowest BCUT2D eigenvalue weighted by Crippen LogP contribution is -2.30. The predicted octanol–water partition coefficient (Wildman–Crippen LogP) is 5.21. The van der Waals surface area contributed by atoms with Gasteiger partial charge in [0.2, 0.25) is 0 Å². The molecule has 0 bridgehead atoms. The van der Waals surface area contributed by atoms with Gasteiger partial charge >= 0.3 is 0 Å². The largest absolute Gasteiger partial charge is 0.486 e. The second-order valence-electron chi connectivity index (χ2n) is 7.10. The number of benzene rings is 2. The highest BCUT2D eigenvalue weighted by molar-refractivity contribution is 7.13. The fourth-order valence-corrected chi connectivity index (χ4v) is 4.79. The van der Waals surface area contributed by atoms with Gasteiger partial charge in [0.1, 0.15) is 23.9 Å². The fraction of sp³-hybridized carbons (Fsp3) is 0.273. The minimum Gasteiger partial charge on any atom is -0.486 e. The fourth-order valence-electron chi connectivity index (χ4n) is 3.87. The molecule has 7 heteroatoms. The van der Waals surface area contributed by atoms with Gasteiger partial charge in [0.25, 0.3) is 5.91 Å². The monoisotopic (exact) mass is 426 g/mol. The number of carbonyl (C=O) groups excluding carboxylic acids is 1. The van der Waals surface area contributed by atoms with Crippen LogP contribution < -0.4 is 9.47 Å². The molecule has 1 saturated heterocycles. The molecule has 1 aromatic heterocycles. The van der Waals surface area contributed by atoms with Crippen LogP contribution in [0.5, 0.6) is 11.5 Å². The highest BCUT2D eigenvalue weighted by Crippen LogP contribution is 2.39. The first-order chi connectivity index (χ1) is 14.2. The maximum atomic E-state index is 13.2. The van der Waals surface area contributed by atoms with Crippen molar-refractivity contribution in [2.75, 3.05) is 19.8 Å². The third-order valence-electron chi connectivity index (χ3n) is 5.28. The van der Waals surface area contributed by atoms with Crippen molar-refractivity contribution >= 4 is 28.8 Å². The Kier molecular flexibility index (Phi) is 4.89. The molecule has 2 aliphatic rings. The summed E-state index contributed by atoms with van der Waals surface area (Å²) in [5, 5.41) is 3.34. The molecule has 5 rings (SSSR count). The zero-order chi connectivity index (χ0) is 19.8. The molecule has 148 valence electrons. The summed E-state index contributed by atoms with van der Waals surface area (Å²) in [4.78, 5) is 19.7. The molecule has 1 fully saturated rings. The van der Waals surface area contributed by atoms with Crippen LogP contribution in [0.15, 0.2) is 47.8 Å². The average molecular weight is 427 g/mol. The first kappa shape index (κ1) is 18.5. The summed E-state index contributed by atoms with van der Waals surface area (Å²) in [7, 11) is 0. The zero-order valence-electron chi connectivity index (χ0n) is 15.6. The van der Waals surface area contributed by atoms with Crippen LogP contribution >= 0.6 is 22.9 Å². The smallest absolute Gasteiger partial charge is 0.273 e. The topological polar surface area (TPSA) is 51.7 Å². The Hall–Kier alpha value is -2.57. The molecule has 1 amide bonds. The number of nitrogens with zero attached hydrogens (tertiary/aromatic N) is 2. The minimum absolute atomic E-state index is 0.0269. The van der Waals surface area contributed by atoms with Crippen LogP contribution in [0.4, 0.5) is 0 Å². The average Bonchev–Trinajstić information content (AvgIpc) is 3.44. The van der Waals surface area contributed by atoms with Crippen molar-refractivity contribution in [2.45, 2.75) is 18.9 Å². The molecule has 3 aromatic rings. The van der Waals surface area contributed by atoms with E-state index in [1.807, 2.05) is 52.7 Å². The molecule has 2 aromatic carbocycles. The molecular formula is C22H19ClN2O3S. The van der Waals surface area contributed by atoms with Gasteiger partial charge in [-0.1, -0.05) is 29.8 Å². The molecule has 0 spiro atoms. The third-order valence-corrected chi connectivity index (χ3v) is 6.42. The van der Waals surface area contributed by atoms with E-state index in [-0.39, 0.29) is 11.9 Å². The summed E-state index contributed by atoms with van der Waals surface area (Å²) in [5.41, 5.74) is 2.53. The Morgan fingerprint density at radius 2 is 1.90 bits per heavy atom. The summed E-state index contributed by atoms with van der Waals surface area (Å²) in [6, 6.07) is 13.5. The van der Waals surface area contributed by atoms with Crippen molar-refractivity contribution < 1.29 is 14.3 Å². The summed E-state index contributed by atoms with van der Waals surface area (Å²) in [6.07, 6.45) is 1.90. The number of thiazole rings is 1. The molecule has 0 saturated carbocycles. The second kappa shape index (κ2) is 7.69. The number of likely N-dealkylation sites (tertiary alicyclic amines) is 1. The quantitative estimate of drug-likeness (QED) is 0.576. The van der Waals surface area contributed by atoms with Crippen LogP contribution in [0.3, 0.4) is 0 Å². The number of hydrogen-bond donors (Lipinski definition) is 0. The number of rotatable bonds is 3. The molecule has 29 heavy (non-hydrogen) atoms. The van der Waals surface area contributed by atoms with Crippen LogP contribution in [0.2, 0.25) is 5.02 Å². The van der Waals surface area contributed by atoms with E-state index in [9.17, 15) is 4.79 Å². The molecule has 5 nitrogen and oxygen atoms in total. The lowest BCUT2D eigenvalue weighted by atomic mass is 10.0. The number of hydrogen-bond acceptors (Lipinski definition) is 5. The summed E-state index contributed by atoms with van der Waals surface area (Å²) in [5.74, 6) is 1.49. The Balaban J connectivity index is 1.39. The van der Waals surface area contributed by atoms with E-state index in [4.69, 9.17) is 21.1 Å². The van der Waals surface area contributed by atoms with Crippen LogP contribution in [0.1, 0.15) is 34.9 Å². The van der Waals surface area contributed by atoms with Gasteiger partial charge in [-0.3, -0.25) is 4.79 Å². The van der Waals surface area contributed by atoms with Gasteiger partial charge in [0.05, 0.1) is 6.04 Å². The van der Waals surface area contributed by atoms with Crippen LogP contribution in [0, 0.1) is 0 Å². The van der Waals surface area contributed by atoms with Gasteiger partial charge < -0.3 is 14.4 Å². The molecule has 0 unspecified atom stereocenters. The number of carbonyl (C=O) groups is 1. The lowest BCUT2D eigenvalue weighted by molar-refractivity contribution is 0.0730. The summed E-state index contributed by atoms with van der Waals surface area (Å²) < 4.78 is 11.3. The van der Waals surface area contributed by atoms with Gasteiger partial charge in [0, 0.05) is 22.5 Å². The van der Waals surface area contributed by atoms with Gasteiger partial charge in [-0.25, -0.2) is 4.98 Å². The first-order valence-corrected chi connectivity index (χ1v) is 10.9. The van der Waals surface area contributed by atoms with Crippen molar-refractivity contribution in [3.63, 3.8) is 0 Å². The van der Waals surface area contributed by atoms with E-state index in [1.165, 1.54) is 11.3 Å². The maximum Gasteiger partial charge on any atom is 0.273 e. The Bertz CT molecular complexity index is 1050. The Labute approximate surface area is 177 Å². The number of ether oxygens (including phenoxy) is 2. The van der Waals surface area contributed by atoms with Crippen molar-refractivity contribution in [3.8, 4) is 22.1 Å². The van der Waals surface area contributed by atoms with Crippen LogP contribution in [0.25, 0.3) is 10.6 Å². The summed E-state index contributed by atoms with van der Waals surface area (Å²) in [6.45, 7) is 1.85. The van der Waals surface area contributed by atoms with E-state index in [0.717, 1.165) is 47.0 Å². The van der Waals surface area contributed by atoms with Crippen molar-refractivity contribution in [1.29, 1.82) is 0 Å². The molecule has 2 aliphatic heterocycles. The van der Waals surface area contributed by atoms with E-state index in [0.29, 0.717) is 23.9 Å². The maximum absolute atomic E-state index is 13.2. The number of fused-ring (bicyclic) bond motifs is 1. The van der Waals surface area contributed by atoms with Gasteiger partial charge in [-0.2, -0.15) is 0 Å². The molecule has 0 N–H and O–H groups in total. The normalized spacial score (nSPS) is 18.1.